The number of rotatable bonds is 6. The Morgan fingerprint density at radius 1 is 0.950 bits per heavy atom. The van der Waals surface area contributed by atoms with Gasteiger partial charge in [-0.2, -0.15) is 26.3 Å². The molecule has 0 radical (unpaired) electrons. The summed E-state index contributed by atoms with van der Waals surface area (Å²) < 4.78 is 110. The highest BCUT2D eigenvalue weighted by atomic mass is 32.2. The SMILES string of the molecule is Cc1ccc(S(=O)(=O)N2c3ccc(C(O)(C(F)(F)F)C(F)(F)F)cc3CC[C@H]2CC(=O)NC2CCCCC2)cc1. The standard InChI is InChI=1S/C27H30F6N2O4S/c1-17-7-12-22(13-8-17)40(38,39)35-21(16-24(36)34-20-5-3-2-4-6-20)11-9-18-15-19(10-14-23(18)35)25(37,26(28,29)30)27(31,32)33/h7-8,10,12-15,20-21,37H,2-6,9,11,16H2,1H3,(H,34,36)/t21-/m0/s1. The summed E-state index contributed by atoms with van der Waals surface area (Å²) in [5.74, 6) is -0.385. The van der Waals surface area contributed by atoms with Crippen molar-refractivity contribution in [2.75, 3.05) is 4.31 Å². The molecule has 0 bridgehead atoms. The molecule has 0 spiro atoms. The van der Waals surface area contributed by atoms with E-state index in [0.29, 0.717) is 12.1 Å². The molecular weight excluding hydrogens is 562 g/mol. The lowest BCUT2D eigenvalue weighted by molar-refractivity contribution is -0.376. The number of aliphatic hydroxyl groups is 1. The molecule has 40 heavy (non-hydrogen) atoms. The molecule has 1 saturated carbocycles. The Kier molecular flexibility index (Phi) is 8.21. The van der Waals surface area contributed by atoms with E-state index in [0.717, 1.165) is 48.0 Å². The van der Waals surface area contributed by atoms with Gasteiger partial charge in [-0.1, -0.05) is 49.1 Å². The van der Waals surface area contributed by atoms with E-state index in [4.69, 9.17) is 0 Å². The number of hydrogen-bond acceptors (Lipinski definition) is 4. The lowest BCUT2D eigenvalue weighted by atomic mass is 9.87. The number of amides is 1. The molecule has 2 aliphatic rings. The molecule has 2 N–H and O–H groups in total. The van der Waals surface area contributed by atoms with Gasteiger partial charge >= 0.3 is 12.4 Å². The van der Waals surface area contributed by atoms with E-state index in [-0.39, 0.29) is 47.4 Å². The van der Waals surface area contributed by atoms with E-state index in [9.17, 15) is 44.7 Å². The first kappa shape index (κ1) is 30.2. The lowest BCUT2D eigenvalue weighted by Crippen LogP contribution is -2.54. The first-order chi connectivity index (χ1) is 18.6. The maximum absolute atomic E-state index is 13.8. The van der Waals surface area contributed by atoms with Crippen molar-refractivity contribution in [2.24, 2.45) is 0 Å². The van der Waals surface area contributed by atoms with Crippen LogP contribution >= 0.6 is 0 Å². The molecule has 1 aliphatic carbocycles. The number of carbonyl (C=O) groups excluding carboxylic acids is 1. The number of alkyl halides is 6. The number of anilines is 1. The van der Waals surface area contributed by atoms with E-state index in [1.807, 2.05) is 0 Å². The Morgan fingerprint density at radius 3 is 2.12 bits per heavy atom. The van der Waals surface area contributed by atoms with Crippen molar-refractivity contribution in [2.45, 2.75) is 93.2 Å². The first-order valence-corrected chi connectivity index (χ1v) is 14.4. The molecule has 2 aromatic rings. The normalized spacial score (nSPS) is 19.3. The zero-order valence-electron chi connectivity index (χ0n) is 21.6. The van der Waals surface area contributed by atoms with Crippen LogP contribution in [0.4, 0.5) is 32.0 Å². The second-order valence-corrected chi connectivity index (χ2v) is 12.3. The number of halogens is 6. The van der Waals surface area contributed by atoms with E-state index < -0.39 is 39.6 Å². The number of benzene rings is 2. The molecule has 1 aliphatic heterocycles. The lowest BCUT2D eigenvalue weighted by Gasteiger charge is -2.39. The summed E-state index contributed by atoms with van der Waals surface area (Å²) >= 11 is 0. The highest BCUT2D eigenvalue weighted by Crippen LogP contribution is 2.51. The molecule has 0 saturated heterocycles. The Labute approximate surface area is 228 Å². The quantitative estimate of drug-likeness (QED) is 0.424. The molecule has 1 amide bonds. The van der Waals surface area contributed by atoms with Crippen molar-refractivity contribution in [3.63, 3.8) is 0 Å². The molecule has 220 valence electrons. The van der Waals surface area contributed by atoms with Crippen molar-refractivity contribution in [3.8, 4) is 0 Å². The number of hydrogen-bond donors (Lipinski definition) is 2. The average Bonchev–Trinajstić information content (AvgIpc) is 2.87. The number of carbonyl (C=O) groups is 1. The zero-order valence-corrected chi connectivity index (χ0v) is 22.5. The van der Waals surface area contributed by atoms with Crippen LogP contribution in [-0.4, -0.2) is 43.9 Å². The molecule has 1 fully saturated rings. The summed E-state index contributed by atoms with van der Waals surface area (Å²) in [6.45, 7) is 1.75. The fraction of sp³-hybridized carbons (Fsp3) is 0.519. The van der Waals surface area contributed by atoms with Crippen molar-refractivity contribution >= 4 is 21.6 Å². The molecule has 1 atom stereocenters. The van der Waals surface area contributed by atoms with Gasteiger partial charge in [-0.25, -0.2) is 8.42 Å². The van der Waals surface area contributed by atoms with Gasteiger partial charge in [0.2, 0.25) is 5.91 Å². The van der Waals surface area contributed by atoms with Crippen LogP contribution in [0.3, 0.4) is 0 Å². The van der Waals surface area contributed by atoms with Crippen molar-refractivity contribution in [1.82, 2.24) is 5.32 Å². The van der Waals surface area contributed by atoms with Crippen LogP contribution < -0.4 is 9.62 Å². The van der Waals surface area contributed by atoms with Gasteiger partial charge in [0.25, 0.3) is 15.6 Å². The summed E-state index contributed by atoms with van der Waals surface area (Å²) in [7, 11) is -4.38. The molecular formula is C27H30F6N2O4S. The van der Waals surface area contributed by atoms with Gasteiger partial charge in [0, 0.05) is 18.0 Å². The summed E-state index contributed by atoms with van der Waals surface area (Å²) in [5, 5.41) is 12.8. The fourth-order valence-electron chi connectivity index (χ4n) is 5.43. The minimum atomic E-state index is -6.08. The minimum Gasteiger partial charge on any atom is -0.369 e. The van der Waals surface area contributed by atoms with Gasteiger partial charge in [-0.05, 0) is 56.4 Å². The summed E-state index contributed by atoms with van der Waals surface area (Å²) in [5.41, 5.74) is -6.11. The van der Waals surface area contributed by atoms with Crippen LogP contribution in [0.15, 0.2) is 47.4 Å². The molecule has 13 heteroatoms. The van der Waals surface area contributed by atoms with Gasteiger partial charge in [0.1, 0.15) is 0 Å². The average molecular weight is 593 g/mol. The van der Waals surface area contributed by atoms with Crippen molar-refractivity contribution in [3.05, 3.63) is 59.2 Å². The second-order valence-electron chi connectivity index (χ2n) is 10.5. The largest absolute Gasteiger partial charge is 0.430 e. The monoisotopic (exact) mass is 592 g/mol. The third-order valence-corrected chi connectivity index (χ3v) is 9.48. The fourth-order valence-corrected chi connectivity index (χ4v) is 7.15. The van der Waals surface area contributed by atoms with Gasteiger partial charge < -0.3 is 10.4 Å². The molecule has 4 rings (SSSR count). The minimum absolute atomic E-state index is 0.0317. The third kappa shape index (κ3) is 5.67. The third-order valence-electron chi connectivity index (χ3n) is 7.60. The van der Waals surface area contributed by atoms with Gasteiger partial charge in [-0.3, -0.25) is 9.10 Å². The predicted molar refractivity (Wildman–Crippen MR) is 135 cm³/mol. The summed E-state index contributed by atoms with van der Waals surface area (Å²) in [4.78, 5) is 12.8. The predicted octanol–water partition coefficient (Wildman–Crippen LogP) is 5.66. The molecule has 2 aromatic carbocycles. The Balaban J connectivity index is 1.76. The summed E-state index contributed by atoms with van der Waals surface area (Å²) in [6, 6.07) is 6.65. The maximum Gasteiger partial charge on any atom is 0.430 e. The van der Waals surface area contributed by atoms with E-state index >= 15 is 0 Å². The van der Waals surface area contributed by atoms with Crippen LogP contribution in [0, 0.1) is 6.92 Å². The van der Waals surface area contributed by atoms with Crippen molar-refractivity contribution < 1.29 is 44.7 Å². The van der Waals surface area contributed by atoms with Crippen LogP contribution in [0.25, 0.3) is 0 Å². The van der Waals surface area contributed by atoms with E-state index in [1.165, 1.54) is 12.1 Å². The topological polar surface area (TPSA) is 86.7 Å². The Bertz CT molecular complexity index is 1320. The van der Waals surface area contributed by atoms with Crippen LogP contribution in [0.1, 0.15) is 61.6 Å². The number of aryl methyl sites for hydroxylation is 2. The second kappa shape index (κ2) is 10.9. The Morgan fingerprint density at radius 2 is 1.55 bits per heavy atom. The first-order valence-electron chi connectivity index (χ1n) is 13.0. The van der Waals surface area contributed by atoms with Crippen LogP contribution in [0.2, 0.25) is 0 Å². The zero-order chi connectivity index (χ0) is 29.5. The van der Waals surface area contributed by atoms with Crippen LogP contribution in [-0.2, 0) is 26.8 Å². The smallest absolute Gasteiger partial charge is 0.369 e. The molecule has 6 nitrogen and oxygen atoms in total. The highest BCUT2D eigenvalue weighted by Gasteiger charge is 2.71. The molecule has 0 unspecified atom stereocenters. The number of sulfonamides is 1. The summed E-state index contributed by atoms with van der Waals surface area (Å²) in [6.07, 6.45) is -7.95. The van der Waals surface area contributed by atoms with Gasteiger partial charge in [0.15, 0.2) is 0 Å². The van der Waals surface area contributed by atoms with Gasteiger partial charge in [-0.15, -0.1) is 0 Å². The highest BCUT2D eigenvalue weighted by molar-refractivity contribution is 7.92. The number of fused-ring (bicyclic) bond motifs is 1. The van der Waals surface area contributed by atoms with Gasteiger partial charge in [0.05, 0.1) is 16.6 Å². The van der Waals surface area contributed by atoms with Crippen molar-refractivity contribution in [1.29, 1.82) is 0 Å². The Hall–Kier alpha value is -2.80. The van der Waals surface area contributed by atoms with E-state index in [2.05, 4.69) is 5.32 Å². The number of nitrogens with one attached hydrogen (secondary N) is 1. The maximum atomic E-state index is 13.8. The molecule has 0 aromatic heterocycles. The molecule has 1 heterocycles. The van der Waals surface area contributed by atoms with E-state index in [1.54, 1.807) is 19.1 Å². The van der Waals surface area contributed by atoms with Crippen LogP contribution in [0.5, 0.6) is 0 Å². The number of nitrogens with zero attached hydrogens (tertiary/aromatic N) is 1.